The molecule has 0 spiro atoms. The summed E-state index contributed by atoms with van der Waals surface area (Å²) in [4.78, 5) is 0. The maximum atomic E-state index is 2.38. The third-order valence-corrected chi connectivity index (χ3v) is 2.38. The fraction of sp³-hybridized carbons (Fsp3) is 0.636. The molecule has 0 atom stereocenters. The molecule has 1 rings (SSSR count). The first kappa shape index (κ1) is 8.58. The Kier molecular flexibility index (Phi) is 2.92. The van der Waals surface area contributed by atoms with Crippen LogP contribution in [0.25, 0.3) is 0 Å². The molecule has 0 aromatic carbocycles. The van der Waals surface area contributed by atoms with Crippen molar-refractivity contribution in [3.63, 3.8) is 0 Å². The van der Waals surface area contributed by atoms with Crippen molar-refractivity contribution in [3.05, 3.63) is 22.8 Å². The highest BCUT2D eigenvalue weighted by atomic mass is 14.1. The van der Waals surface area contributed by atoms with Crippen molar-refractivity contribution in [2.45, 2.75) is 46.5 Å². The number of rotatable bonds is 2. The van der Waals surface area contributed by atoms with Crippen LogP contribution in [0, 0.1) is 0 Å². The van der Waals surface area contributed by atoms with Gasteiger partial charge in [-0.15, -0.1) is 0 Å². The molecule has 0 heterocycles. The topological polar surface area (TPSA) is 0 Å². The summed E-state index contributed by atoms with van der Waals surface area (Å²) in [5.74, 6) is 0. The van der Waals surface area contributed by atoms with E-state index in [0.717, 1.165) is 0 Å². The Morgan fingerprint density at radius 1 is 1.27 bits per heavy atom. The zero-order chi connectivity index (χ0) is 8.27. The third-order valence-electron chi connectivity index (χ3n) is 2.38. The van der Waals surface area contributed by atoms with Gasteiger partial charge in [-0.05, 0) is 38.7 Å². The second kappa shape index (κ2) is 3.75. The van der Waals surface area contributed by atoms with E-state index in [-0.39, 0.29) is 0 Å². The number of allylic oxidation sites excluding steroid dienone is 4. The van der Waals surface area contributed by atoms with Crippen LogP contribution in [0.3, 0.4) is 0 Å². The van der Waals surface area contributed by atoms with Crippen molar-refractivity contribution in [3.8, 4) is 0 Å². The quantitative estimate of drug-likeness (QED) is 0.561. The Labute approximate surface area is 70.0 Å². The second-order valence-corrected chi connectivity index (χ2v) is 3.55. The first-order valence-electron chi connectivity index (χ1n) is 4.60. The molecule has 0 bridgehead atoms. The lowest BCUT2D eigenvalue weighted by Crippen LogP contribution is -1.94. The summed E-state index contributed by atoms with van der Waals surface area (Å²) < 4.78 is 0. The highest BCUT2D eigenvalue weighted by Gasteiger charge is 2.05. The molecule has 62 valence electrons. The second-order valence-electron chi connectivity index (χ2n) is 3.55. The molecular formula is C11H18. The molecule has 0 aromatic heterocycles. The monoisotopic (exact) mass is 150 g/mol. The van der Waals surface area contributed by atoms with Crippen LogP contribution in [0.4, 0.5) is 0 Å². The molecule has 0 nitrogen and oxygen atoms in total. The summed E-state index contributed by atoms with van der Waals surface area (Å²) in [5.41, 5.74) is 4.76. The minimum Gasteiger partial charge on any atom is -0.0727 e. The zero-order valence-electron chi connectivity index (χ0n) is 7.91. The molecule has 0 aromatic rings. The summed E-state index contributed by atoms with van der Waals surface area (Å²) in [6.07, 6.45) is 7.48. The minimum atomic E-state index is 1.27. The van der Waals surface area contributed by atoms with Crippen molar-refractivity contribution in [1.29, 1.82) is 0 Å². The van der Waals surface area contributed by atoms with E-state index in [9.17, 15) is 0 Å². The van der Waals surface area contributed by atoms with Gasteiger partial charge < -0.3 is 0 Å². The van der Waals surface area contributed by atoms with Crippen molar-refractivity contribution in [1.82, 2.24) is 0 Å². The summed E-state index contributed by atoms with van der Waals surface area (Å²) in [5, 5.41) is 0. The van der Waals surface area contributed by atoms with Gasteiger partial charge >= 0.3 is 0 Å². The van der Waals surface area contributed by atoms with Gasteiger partial charge in [0.15, 0.2) is 0 Å². The average Bonchev–Trinajstić information content (AvgIpc) is 1.98. The van der Waals surface area contributed by atoms with Crippen LogP contribution in [-0.2, 0) is 0 Å². The van der Waals surface area contributed by atoms with Gasteiger partial charge in [0.2, 0.25) is 0 Å². The molecule has 0 amide bonds. The molecular weight excluding hydrogens is 132 g/mol. The Balaban J connectivity index is 2.71. The zero-order valence-corrected chi connectivity index (χ0v) is 7.91. The van der Waals surface area contributed by atoms with Crippen LogP contribution < -0.4 is 0 Å². The molecule has 1 aliphatic rings. The van der Waals surface area contributed by atoms with E-state index < -0.39 is 0 Å². The fourth-order valence-corrected chi connectivity index (χ4v) is 1.59. The highest BCUT2D eigenvalue weighted by molar-refractivity contribution is 5.31. The molecule has 0 saturated heterocycles. The predicted octanol–water partition coefficient (Wildman–Crippen LogP) is 3.84. The average molecular weight is 150 g/mol. The Morgan fingerprint density at radius 2 is 2.00 bits per heavy atom. The molecule has 0 fully saturated rings. The van der Waals surface area contributed by atoms with E-state index in [1.807, 2.05) is 0 Å². The SMILES string of the molecule is CCCC1=C(C)CCC(C)=C1. The van der Waals surface area contributed by atoms with Crippen LogP contribution in [-0.4, -0.2) is 0 Å². The molecule has 0 aliphatic heterocycles. The standard InChI is InChI=1S/C11H18/c1-4-5-11-8-9(2)6-7-10(11)3/h8H,4-7H2,1-3H3. The van der Waals surface area contributed by atoms with Gasteiger partial charge in [-0.1, -0.05) is 30.6 Å². The van der Waals surface area contributed by atoms with E-state index >= 15 is 0 Å². The van der Waals surface area contributed by atoms with Crippen LogP contribution in [0.1, 0.15) is 46.5 Å². The van der Waals surface area contributed by atoms with Crippen molar-refractivity contribution < 1.29 is 0 Å². The van der Waals surface area contributed by atoms with Gasteiger partial charge in [-0.3, -0.25) is 0 Å². The molecule has 0 unspecified atom stereocenters. The first-order valence-corrected chi connectivity index (χ1v) is 4.60. The lowest BCUT2D eigenvalue weighted by atomic mass is 9.92. The van der Waals surface area contributed by atoms with Gasteiger partial charge in [0.05, 0.1) is 0 Å². The van der Waals surface area contributed by atoms with Crippen LogP contribution in [0.15, 0.2) is 22.8 Å². The summed E-state index contributed by atoms with van der Waals surface area (Å²) in [6, 6.07) is 0. The largest absolute Gasteiger partial charge is 0.0727 e. The lowest BCUT2D eigenvalue weighted by Gasteiger charge is -2.14. The van der Waals surface area contributed by atoms with E-state index in [1.54, 1.807) is 16.7 Å². The van der Waals surface area contributed by atoms with E-state index in [4.69, 9.17) is 0 Å². The lowest BCUT2D eigenvalue weighted by molar-refractivity contribution is 0.832. The predicted molar refractivity (Wildman–Crippen MR) is 50.6 cm³/mol. The van der Waals surface area contributed by atoms with Gasteiger partial charge in [-0.2, -0.15) is 0 Å². The van der Waals surface area contributed by atoms with Gasteiger partial charge in [0, 0.05) is 0 Å². The molecule has 0 N–H and O–H groups in total. The Hall–Kier alpha value is -0.520. The summed E-state index contributed by atoms with van der Waals surface area (Å²) in [6.45, 7) is 6.76. The minimum absolute atomic E-state index is 1.27. The maximum Gasteiger partial charge on any atom is -0.0280 e. The molecule has 1 aliphatic carbocycles. The highest BCUT2D eigenvalue weighted by Crippen LogP contribution is 2.25. The smallest absolute Gasteiger partial charge is 0.0280 e. The number of hydrogen-bond acceptors (Lipinski definition) is 0. The van der Waals surface area contributed by atoms with Crippen LogP contribution in [0.5, 0.6) is 0 Å². The van der Waals surface area contributed by atoms with Crippen molar-refractivity contribution >= 4 is 0 Å². The molecule has 0 heteroatoms. The maximum absolute atomic E-state index is 2.38. The normalized spacial score (nSPS) is 18.6. The van der Waals surface area contributed by atoms with Gasteiger partial charge in [-0.25, -0.2) is 0 Å². The van der Waals surface area contributed by atoms with E-state index in [2.05, 4.69) is 26.8 Å². The van der Waals surface area contributed by atoms with E-state index in [1.165, 1.54) is 25.7 Å². The van der Waals surface area contributed by atoms with Crippen molar-refractivity contribution in [2.24, 2.45) is 0 Å². The van der Waals surface area contributed by atoms with Crippen LogP contribution >= 0.6 is 0 Å². The summed E-state index contributed by atoms with van der Waals surface area (Å²) >= 11 is 0. The molecule has 11 heavy (non-hydrogen) atoms. The van der Waals surface area contributed by atoms with Gasteiger partial charge in [0.1, 0.15) is 0 Å². The molecule has 0 saturated carbocycles. The first-order chi connectivity index (χ1) is 5.24. The summed E-state index contributed by atoms with van der Waals surface area (Å²) in [7, 11) is 0. The third kappa shape index (κ3) is 2.21. The van der Waals surface area contributed by atoms with E-state index in [0.29, 0.717) is 0 Å². The van der Waals surface area contributed by atoms with Crippen molar-refractivity contribution in [2.75, 3.05) is 0 Å². The van der Waals surface area contributed by atoms with Gasteiger partial charge in [0.25, 0.3) is 0 Å². The Bertz CT molecular complexity index is 194. The number of hydrogen-bond donors (Lipinski definition) is 0. The molecule has 0 radical (unpaired) electrons. The fourth-order valence-electron chi connectivity index (χ4n) is 1.59. The van der Waals surface area contributed by atoms with Crippen LogP contribution in [0.2, 0.25) is 0 Å². The Morgan fingerprint density at radius 3 is 2.64 bits per heavy atom.